The maximum absolute atomic E-state index is 5.88. The van der Waals surface area contributed by atoms with Crippen LogP contribution < -0.4 is 4.90 Å². The van der Waals surface area contributed by atoms with Crippen LogP contribution in [-0.4, -0.2) is 61.5 Å². The topological polar surface area (TPSA) is 9.72 Å². The summed E-state index contributed by atoms with van der Waals surface area (Å²) in [5, 5.41) is 0. The zero-order valence-corrected chi connectivity index (χ0v) is 16.9. The van der Waals surface area contributed by atoms with Gasteiger partial charge in [0.25, 0.3) is 0 Å². The highest BCUT2D eigenvalue weighted by molar-refractivity contribution is 6.18. The van der Waals surface area contributed by atoms with E-state index in [1.807, 2.05) is 0 Å². The SMILES string of the molecule is ClCCN1CCN(CCCN2c3ccccc3CCc3ccccc32)CC1. The van der Waals surface area contributed by atoms with E-state index < -0.39 is 0 Å². The third-order valence-electron chi connectivity index (χ3n) is 5.95. The highest BCUT2D eigenvalue weighted by Gasteiger charge is 2.21. The van der Waals surface area contributed by atoms with Gasteiger partial charge in [-0.05, 0) is 49.1 Å². The molecule has 0 N–H and O–H groups in total. The Labute approximate surface area is 168 Å². The number of para-hydroxylation sites is 2. The molecule has 0 aromatic heterocycles. The Morgan fingerprint density at radius 1 is 0.667 bits per heavy atom. The average Bonchev–Trinajstić information content (AvgIpc) is 2.87. The number of nitrogens with zero attached hydrogens (tertiary/aromatic N) is 3. The van der Waals surface area contributed by atoms with Crippen LogP contribution in [0.25, 0.3) is 0 Å². The zero-order chi connectivity index (χ0) is 18.5. The van der Waals surface area contributed by atoms with E-state index in [0.717, 1.165) is 44.9 Å². The van der Waals surface area contributed by atoms with E-state index in [0.29, 0.717) is 0 Å². The van der Waals surface area contributed by atoms with Crippen LogP contribution in [0.2, 0.25) is 0 Å². The van der Waals surface area contributed by atoms with Gasteiger partial charge in [-0.3, -0.25) is 4.90 Å². The van der Waals surface area contributed by atoms with Gasteiger partial charge in [-0.2, -0.15) is 0 Å². The molecule has 144 valence electrons. The van der Waals surface area contributed by atoms with Crippen LogP contribution in [0.4, 0.5) is 11.4 Å². The molecule has 3 nitrogen and oxygen atoms in total. The number of anilines is 2. The van der Waals surface area contributed by atoms with Crippen molar-refractivity contribution in [1.29, 1.82) is 0 Å². The van der Waals surface area contributed by atoms with Gasteiger partial charge in [-0.25, -0.2) is 0 Å². The maximum Gasteiger partial charge on any atom is 0.0443 e. The molecule has 2 aromatic rings. The predicted molar refractivity (Wildman–Crippen MR) is 116 cm³/mol. The average molecular weight is 384 g/mol. The number of rotatable bonds is 6. The molecule has 0 bridgehead atoms. The quantitative estimate of drug-likeness (QED) is 0.693. The summed E-state index contributed by atoms with van der Waals surface area (Å²) in [5.74, 6) is 0.744. The first-order valence-corrected chi connectivity index (χ1v) is 10.8. The number of fused-ring (bicyclic) bond motifs is 2. The van der Waals surface area contributed by atoms with Crippen molar-refractivity contribution in [3.05, 3.63) is 59.7 Å². The summed E-state index contributed by atoms with van der Waals surface area (Å²) in [6.07, 6.45) is 3.45. The van der Waals surface area contributed by atoms with Crippen LogP contribution in [0.5, 0.6) is 0 Å². The minimum atomic E-state index is 0.744. The molecule has 2 heterocycles. The Hall–Kier alpha value is -1.55. The lowest BCUT2D eigenvalue weighted by molar-refractivity contribution is 0.137. The maximum atomic E-state index is 5.88. The number of hydrogen-bond donors (Lipinski definition) is 0. The van der Waals surface area contributed by atoms with Crippen LogP contribution >= 0.6 is 11.6 Å². The second-order valence-corrected chi connectivity index (χ2v) is 8.01. The van der Waals surface area contributed by atoms with Crippen molar-refractivity contribution in [2.45, 2.75) is 19.3 Å². The van der Waals surface area contributed by atoms with Gasteiger partial charge in [0.2, 0.25) is 0 Å². The van der Waals surface area contributed by atoms with Crippen molar-refractivity contribution in [3.8, 4) is 0 Å². The minimum absolute atomic E-state index is 0.744. The lowest BCUT2D eigenvalue weighted by Gasteiger charge is -2.35. The Morgan fingerprint density at radius 2 is 1.19 bits per heavy atom. The normalized spacial score (nSPS) is 18.0. The van der Waals surface area contributed by atoms with E-state index >= 15 is 0 Å². The van der Waals surface area contributed by atoms with Crippen molar-refractivity contribution >= 4 is 23.0 Å². The summed E-state index contributed by atoms with van der Waals surface area (Å²) in [6.45, 7) is 7.93. The highest BCUT2D eigenvalue weighted by atomic mass is 35.5. The summed E-state index contributed by atoms with van der Waals surface area (Å²) < 4.78 is 0. The largest absolute Gasteiger partial charge is 0.341 e. The van der Waals surface area contributed by atoms with Gasteiger partial charge in [0.1, 0.15) is 0 Å². The van der Waals surface area contributed by atoms with Crippen LogP contribution in [0.1, 0.15) is 17.5 Å². The molecule has 2 aliphatic heterocycles. The van der Waals surface area contributed by atoms with Crippen molar-refractivity contribution < 1.29 is 0 Å². The number of hydrogen-bond acceptors (Lipinski definition) is 3. The van der Waals surface area contributed by atoms with Gasteiger partial charge in [0.15, 0.2) is 0 Å². The number of piperazine rings is 1. The molecule has 0 radical (unpaired) electrons. The number of halogens is 1. The lowest BCUT2D eigenvalue weighted by atomic mass is 10.0. The second-order valence-electron chi connectivity index (χ2n) is 7.63. The fraction of sp³-hybridized carbons (Fsp3) is 0.478. The summed E-state index contributed by atoms with van der Waals surface area (Å²) in [4.78, 5) is 7.65. The van der Waals surface area contributed by atoms with Crippen molar-refractivity contribution in [2.75, 3.05) is 56.6 Å². The van der Waals surface area contributed by atoms with Gasteiger partial charge < -0.3 is 9.80 Å². The molecule has 2 aliphatic rings. The van der Waals surface area contributed by atoms with Crippen molar-refractivity contribution in [1.82, 2.24) is 9.80 Å². The predicted octanol–water partition coefficient (Wildman–Crippen LogP) is 4.17. The smallest absolute Gasteiger partial charge is 0.0443 e. The summed E-state index contributed by atoms with van der Waals surface area (Å²) in [6, 6.07) is 17.9. The third kappa shape index (κ3) is 4.48. The summed E-state index contributed by atoms with van der Waals surface area (Å²) >= 11 is 5.88. The fourth-order valence-corrected chi connectivity index (χ4v) is 4.66. The molecular weight excluding hydrogens is 354 g/mol. The molecule has 0 unspecified atom stereocenters. The van der Waals surface area contributed by atoms with Gasteiger partial charge in [-0.15, -0.1) is 11.6 Å². The Bertz CT molecular complexity index is 692. The second kappa shape index (κ2) is 9.09. The molecule has 4 heteroatoms. The van der Waals surface area contributed by atoms with E-state index in [2.05, 4.69) is 63.2 Å². The van der Waals surface area contributed by atoms with Gasteiger partial charge >= 0.3 is 0 Å². The molecule has 0 amide bonds. The first-order chi connectivity index (χ1) is 13.3. The molecular formula is C23H30ClN3. The molecule has 1 fully saturated rings. The monoisotopic (exact) mass is 383 g/mol. The first kappa shape index (κ1) is 18.8. The van der Waals surface area contributed by atoms with E-state index in [1.54, 1.807) is 0 Å². The zero-order valence-electron chi connectivity index (χ0n) is 16.1. The van der Waals surface area contributed by atoms with E-state index in [9.17, 15) is 0 Å². The first-order valence-electron chi connectivity index (χ1n) is 10.3. The van der Waals surface area contributed by atoms with Gasteiger partial charge in [-0.1, -0.05) is 36.4 Å². The molecule has 4 rings (SSSR count). The van der Waals surface area contributed by atoms with Gasteiger partial charge in [0.05, 0.1) is 0 Å². The van der Waals surface area contributed by atoms with E-state index in [4.69, 9.17) is 11.6 Å². The molecule has 0 aliphatic carbocycles. The highest BCUT2D eigenvalue weighted by Crippen LogP contribution is 2.35. The Kier molecular flexibility index (Phi) is 6.33. The number of alkyl halides is 1. The molecule has 1 saturated heterocycles. The molecule has 27 heavy (non-hydrogen) atoms. The standard InChI is InChI=1S/C23H30ClN3/c24-12-15-26-18-16-25(17-19-26)13-5-14-27-22-8-3-1-6-20(22)10-11-21-7-2-4-9-23(21)27/h1-4,6-9H,5,10-19H2. The minimum Gasteiger partial charge on any atom is -0.341 e. The van der Waals surface area contributed by atoms with Crippen molar-refractivity contribution in [3.63, 3.8) is 0 Å². The molecule has 2 aromatic carbocycles. The van der Waals surface area contributed by atoms with Crippen molar-refractivity contribution in [2.24, 2.45) is 0 Å². The van der Waals surface area contributed by atoms with E-state index in [-0.39, 0.29) is 0 Å². The van der Waals surface area contributed by atoms with Crippen LogP contribution in [0.15, 0.2) is 48.5 Å². The summed E-state index contributed by atoms with van der Waals surface area (Å²) in [5.41, 5.74) is 5.75. The summed E-state index contributed by atoms with van der Waals surface area (Å²) in [7, 11) is 0. The van der Waals surface area contributed by atoms with Gasteiger partial charge in [0, 0.05) is 56.5 Å². The third-order valence-corrected chi connectivity index (χ3v) is 6.12. The molecule has 0 saturated carbocycles. The number of benzene rings is 2. The lowest BCUT2D eigenvalue weighted by Crippen LogP contribution is -2.47. The van der Waals surface area contributed by atoms with Crippen LogP contribution in [0, 0.1) is 0 Å². The van der Waals surface area contributed by atoms with Crippen LogP contribution in [0.3, 0.4) is 0 Å². The molecule has 0 atom stereocenters. The van der Waals surface area contributed by atoms with E-state index in [1.165, 1.54) is 48.6 Å². The molecule has 0 spiro atoms. The van der Waals surface area contributed by atoms with Crippen LogP contribution in [-0.2, 0) is 12.8 Å². The Balaban J connectivity index is 1.41. The number of aryl methyl sites for hydroxylation is 2. The Morgan fingerprint density at radius 3 is 1.74 bits per heavy atom. The fourth-order valence-electron chi connectivity index (χ4n) is 4.42.